The topological polar surface area (TPSA) is 113 Å². The minimum atomic E-state index is -1.02. The first kappa shape index (κ1) is 18.7. The molecule has 5 atom stereocenters. The van der Waals surface area contributed by atoms with Gasteiger partial charge in [0.15, 0.2) is 5.78 Å². The highest BCUT2D eigenvalue weighted by molar-refractivity contribution is 6.31. The summed E-state index contributed by atoms with van der Waals surface area (Å²) < 4.78 is 0. The molecule has 140 valence electrons. The van der Waals surface area contributed by atoms with E-state index in [1.54, 1.807) is 25.1 Å². The van der Waals surface area contributed by atoms with Crippen molar-refractivity contribution in [1.82, 2.24) is 10.2 Å². The molecule has 2 saturated heterocycles. The number of halogens is 1. The molecule has 0 radical (unpaired) electrons. The summed E-state index contributed by atoms with van der Waals surface area (Å²) in [5.41, 5.74) is 6.55. The fourth-order valence-electron chi connectivity index (χ4n) is 4.21. The molecule has 7 nitrogen and oxygen atoms in total. The SMILES string of the molecule is C[C@H](NC(=O)c1cccc(Cl)c1)C(=O)C1C(N)CC2CCC1N2C(=O)O. The number of ketones is 1. The Bertz CT molecular complexity index is 741. The number of benzene rings is 1. The van der Waals surface area contributed by atoms with Gasteiger partial charge in [0, 0.05) is 28.7 Å². The molecule has 2 aliphatic heterocycles. The maximum Gasteiger partial charge on any atom is 0.407 e. The number of hydrogen-bond donors (Lipinski definition) is 3. The van der Waals surface area contributed by atoms with E-state index in [0.29, 0.717) is 23.4 Å². The van der Waals surface area contributed by atoms with Gasteiger partial charge in [-0.05, 0) is 44.4 Å². The lowest BCUT2D eigenvalue weighted by atomic mass is 9.81. The molecule has 1 aromatic rings. The summed E-state index contributed by atoms with van der Waals surface area (Å²) in [5, 5.41) is 12.6. The lowest BCUT2D eigenvalue weighted by molar-refractivity contribution is -0.128. The summed E-state index contributed by atoms with van der Waals surface area (Å²) in [5.74, 6) is -1.25. The number of piperidine rings is 1. The van der Waals surface area contributed by atoms with E-state index in [1.165, 1.54) is 11.0 Å². The molecule has 2 fully saturated rings. The summed E-state index contributed by atoms with van der Waals surface area (Å²) in [7, 11) is 0. The molecule has 2 aliphatic rings. The van der Waals surface area contributed by atoms with Crippen LogP contribution in [-0.2, 0) is 4.79 Å². The van der Waals surface area contributed by atoms with E-state index in [0.717, 1.165) is 6.42 Å². The van der Waals surface area contributed by atoms with Gasteiger partial charge in [0.05, 0.1) is 12.0 Å². The second kappa shape index (κ2) is 7.25. The fourth-order valence-corrected chi connectivity index (χ4v) is 4.40. The average Bonchev–Trinajstić information content (AvgIpc) is 2.90. The number of hydrogen-bond acceptors (Lipinski definition) is 4. The molecule has 1 aromatic carbocycles. The largest absolute Gasteiger partial charge is 0.465 e. The van der Waals surface area contributed by atoms with Gasteiger partial charge >= 0.3 is 6.09 Å². The molecule has 0 aliphatic carbocycles. The van der Waals surface area contributed by atoms with E-state index >= 15 is 0 Å². The molecule has 2 amide bonds. The van der Waals surface area contributed by atoms with Gasteiger partial charge in [-0.1, -0.05) is 17.7 Å². The van der Waals surface area contributed by atoms with Gasteiger partial charge in [-0.15, -0.1) is 0 Å². The molecule has 2 bridgehead atoms. The Hall–Kier alpha value is -2.12. The maximum atomic E-state index is 13.0. The quantitative estimate of drug-likeness (QED) is 0.739. The molecular weight excluding hydrogens is 358 g/mol. The van der Waals surface area contributed by atoms with Crippen LogP contribution in [0.5, 0.6) is 0 Å². The van der Waals surface area contributed by atoms with Crippen molar-refractivity contribution in [3.05, 3.63) is 34.9 Å². The lowest BCUT2D eigenvalue weighted by Gasteiger charge is -2.42. The Kier molecular flexibility index (Phi) is 5.20. The number of amides is 2. The van der Waals surface area contributed by atoms with E-state index in [-0.39, 0.29) is 11.8 Å². The third kappa shape index (κ3) is 3.41. The summed E-state index contributed by atoms with van der Waals surface area (Å²) in [6.07, 6.45) is 0.792. The van der Waals surface area contributed by atoms with Crippen LogP contribution in [-0.4, -0.2) is 52.0 Å². The van der Waals surface area contributed by atoms with E-state index < -0.39 is 36.0 Å². The zero-order valence-electron chi connectivity index (χ0n) is 14.4. The maximum absolute atomic E-state index is 13.0. The van der Waals surface area contributed by atoms with Gasteiger partial charge in [-0.25, -0.2) is 4.79 Å². The van der Waals surface area contributed by atoms with Crippen LogP contribution in [0, 0.1) is 5.92 Å². The van der Waals surface area contributed by atoms with Crippen LogP contribution in [0.4, 0.5) is 4.79 Å². The van der Waals surface area contributed by atoms with Crippen molar-refractivity contribution in [2.24, 2.45) is 11.7 Å². The van der Waals surface area contributed by atoms with Gasteiger partial charge in [0.1, 0.15) is 0 Å². The number of carbonyl (C=O) groups excluding carboxylic acids is 2. The number of carboxylic acid groups (broad SMARTS) is 1. The number of fused-ring (bicyclic) bond motifs is 2. The van der Waals surface area contributed by atoms with Crippen molar-refractivity contribution in [3.63, 3.8) is 0 Å². The van der Waals surface area contributed by atoms with Gasteiger partial charge < -0.3 is 21.1 Å². The second-order valence-electron chi connectivity index (χ2n) is 7.02. The minimum Gasteiger partial charge on any atom is -0.465 e. The van der Waals surface area contributed by atoms with Crippen molar-refractivity contribution in [3.8, 4) is 0 Å². The summed E-state index contributed by atoms with van der Waals surface area (Å²) in [6.45, 7) is 1.60. The van der Waals surface area contributed by atoms with Gasteiger partial charge in [0.2, 0.25) is 0 Å². The van der Waals surface area contributed by atoms with Crippen molar-refractivity contribution in [2.75, 3.05) is 0 Å². The molecule has 0 spiro atoms. The highest BCUT2D eigenvalue weighted by Gasteiger charge is 2.51. The number of carbonyl (C=O) groups is 3. The van der Waals surface area contributed by atoms with Crippen LogP contribution >= 0.6 is 11.6 Å². The molecule has 4 N–H and O–H groups in total. The van der Waals surface area contributed by atoms with E-state index in [1.807, 2.05) is 0 Å². The smallest absolute Gasteiger partial charge is 0.407 e. The number of nitrogens with two attached hydrogens (primary N) is 1. The number of Topliss-reactive ketones (excluding diaryl/α,β-unsaturated/α-hetero) is 1. The number of nitrogens with one attached hydrogen (secondary N) is 1. The number of nitrogens with zero attached hydrogens (tertiary/aromatic N) is 1. The summed E-state index contributed by atoms with van der Waals surface area (Å²) >= 11 is 5.89. The van der Waals surface area contributed by atoms with Crippen LogP contribution < -0.4 is 11.1 Å². The monoisotopic (exact) mass is 379 g/mol. The lowest BCUT2D eigenvalue weighted by Crippen LogP contribution is -2.60. The van der Waals surface area contributed by atoms with E-state index in [2.05, 4.69) is 5.32 Å². The summed E-state index contributed by atoms with van der Waals surface area (Å²) in [4.78, 5) is 38.2. The molecule has 26 heavy (non-hydrogen) atoms. The van der Waals surface area contributed by atoms with Gasteiger partial charge in [-0.3, -0.25) is 9.59 Å². The number of rotatable bonds is 4. The van der Waals surface area contributed by atoms with Crippen LogP contribution in [0.2, 0.25) is 5.02 Å². The van der Waals surface area contributed by atoms with Gasteiger partial charge in [0.25, 0.3) is 5.91 Å². The van der Waals surface area contributed by atoms with Crippen LogP contribution in [0.3, 0.4) is 0 Å². The molecule has 0 aromatic heterocycles. The average molecular weight is 380 g/mol. The molecule has 0 saturated carbocycles. The molecule has 4 unspecified atom stereocenters. The van der Waals surface area contributed by atoms with Crippen LogP contribution in [0.1, 0.15) is 36.5 Å². The predicted molar refractivity (Wildman–Crippen MR) is 96.1 cm³/mol. The summed E-state index contributed by atoms with van der Waals surface area (Å²) in [6, 6.07) is 4.74. The van der Waals surface area contributed by atoms with E-state index in [9.17, 15) is 19.5 Å². The highest BCUT2D eigenvalue weighted by atomic mass is 35.5. The fraction of sp³-hybridized carbons (Fsp3) is 0.500. The first-order valence-corrected chi connectivity index (χ1v) is 9.04. The van der Waals surface area contributed by atoms with Crippen molar-refractivity contribution in [2.45, 2.75) is 50.4 Å². The molecule has 2 heterocycles. The predicted octanol–water partition coefficient (Wildman–Crippen LogP) is 1.89. The minimum absolute atomic E-state index is 0.118. The standard InChI is InChI=1S/C18H22ClN3O4/c1-9(21-17(24)10-3-2-4-11(19)7-10)16(23)15-13(20)8-12-5-6-14(15)22(12)18(25)26/h2-4,7,9,12-15H,5-6,8,20H2,1H3,(H,21,24)(H,25,26)/t9-,12?,13?,14?,15?/m0/s1. The first-order valence-electron chi connectivity index (χ1n) is 8.66. The third-order valence-corrected chi connectivity index (χ3v) is 5.61. The van der Waals surface area contributed by atoms with Gasteiger partial charge in [-0.2, -0.15) is 0 Å². The van der Waals surface area contributed by atoms with Crippen LogP contribution in [0.15, 0.2) is 24.3 Å². The third-order valence-electron chi connectivity index (χ3n) is 5.38. The normalized spacial score (nSPS) is 28.5. The Morgan fingerprint density at radius 2 is 2.08 bits per heavy atom. The van der Waals surface area contributed by atoms with Crippen molar-refractivity contribution >= 4 is 29.4 Å². The Morgan fingerprint density at radius 3 is 2.73 bits per heavy atom. The Balaban J connectivity index is 1.73. The first-order chi connectivity index (χ1) is 12.3. The van der Waals surface area contributed by atoms with Crippen molar-refractivity contribution in [1.29, 1.82) is 0 Å². The Labute approximate surface area is 156 Å². The molecule has 3 rings (SSSR count). The Morgan fingerprint density at radius 1 is 1.35 bits per heavy atom. The van der Waals surface area contributed by atoms with Crippen LogP contribution in [0.25, 0.3) is 0 Å². The highest BCUT2D eigenvalue weighted by Crippen LogP contribution is 2.39. The zero-order chi connectivity index (χ0) is 19.0. The van der Waals surface area contributed by atoms with E-state index in [4.69, 9.17) is 17.3 Å². The van der Waals surface area contributed by atoms with Crippen molar-refractivity contribution < 1.29 is 19.5 Å². The molecule has 8 heteroatoms. The molecular formula is C18H22ClN3O4. The second-order valence-corrected chi connectivity index (χ2v) is 7.46. The zero-order valence-corrected chi connectivity index (χ0v) is 15.1.